The van der Waals surface area contributed by atoms with Crippen molar-refractivity contribution in [1.82, 2.24) is 9.80 Å². The molecule has 1 atom stereocenters. The van der Waals surface area contributed by atoms with Crippen molar-refractivity contribution < 1.29 is 0 Å². The minimum absolute atomic E-state index is 0.150. The first kappa shape index (κ1) is 16.5. The second-order valence-electron chi connectivity index (χ2n) is 6.67. The molecule has 0 aromatic heterocycles. The SMILES string of the molecule is CCC1CN(C)CCCN1CCCCC(C)(C)C#N. The third-order valence-corrected chi connectivity index (χ3v) is 4.29. The number of likely N-dealkylation sites (N-methyl/N-ethyl adjacent to an activating group) is 1. The molecule has 0 amide bonds. The molecule has 1 rings (SSSR count). The molecule has 110 valence electrons. The summed E-state index contributed by atoms with van der Waals surface area (Å²) in [7, 11) is 2.24. The zero-order valence-electron chi connectivity index (χ0n) is 13.3. The Morgan fingerprint density at radius 2 is 2.00 bits per heavy atom. The van der Waals surface area contributed by atoms with Gasteiger partial charge >= 0.3 is 0 Å². The molecule has 1 aliphatic rings. The lowest BCUT2D eigenvalue weighted by molar-refractivity contribution is 0.178. The Kier molecular flexibility index (Phi) is 6.82. The van der Waals surface area contributed by atoms with E-state index in [4.69, 9.17) is 5.26 Å². The van der Waals surface area contributed by atoms with E-state index >= 15 is 0 Å². The molecule has 0 spiro atoms. The standard InChI is InChI=1S/C16H31N3/c1-5-15-13-18(4)10-8-12-19(15)11-7-6-9-16(2,3)14-17/h15H,5-13H2,1-4H3. The van der Waals surface area contributed by atoms with Crippen molar-refractivity contribution in [1.29, 1.82) is 5.26 Å². The number of nitriles is 1. The van der Waals surface area contributed by atoms with Crippen molar-refractivity contribution in [3.05, 3.63) is 0 Å². The molecule has 0 bridgehead atoms. The van der Waals surface area contributed by atoms with E-state index in [1.54, 1.807) is 0 Å². The Labute approximate surface area is 119 Å². The lowest BCUT2D eigenvalue weighted by atomic mass is 9.89. The monoisotopic (exact) mass is 265 g/mol. The topological polar surface area (TPSA) is 30.3 Å². The first-order valence-electron chi connectivity index (χ1n) is 7.82. The van der Waals surface area contributed by atoms with Crippen LogP contribution in [0.15, 0.2) is 0 Å². The summed E-state index contributed by atoms with van der Waals surface area (Å²) in [6.45, 7) is 11.3. The fourth-order valence-electron chi connectivity index (χ4n) is 2.91. The minimum Gasteiger partial charge on any atom is -0.305 e. The molecule has 0 radical (unpaired) electrons. The van der Waals surface area contributed by atoms with Crippen molar-refractivity contribution >= 4 is 0 Å². The van der Waals surface area contributed by atoms with Crippen molar-refractivity contribution in [2.24, 2.45) is 5.41 Å². The average Bonchev–Trinajstić information content (AvgIpc) is 2.56. The molecule has 0 saturated carbocycles. The van der Waals surface area contributed by atoms with Crippen LogP contribution in [-0.4, -0.2) is 49.1 Å². The van der Waals surface area contributed by atoms with Crippen LogP contribution in [0.3, 0.4) is 0 Å². The molecule has 3 heteroatoms. The maximum atomic E-state index is 9.02. The largest absolute Gasteiger partial charge is 0.305 e. The van der Waals surface area contributed by atoms with Crippen molar-refractivity contribution in [3.63, 3.8) is 0 Å². The first-order chi connectivity index (χ1) is 8.98. The van der Waals surface area contributed by atoms with Crippen LogP contribution in [0.4, 0.5) is 0 Å². The minimum atomic E-state index is -0.150. The Morgan fingerprint density at radius 1 is 1.26 bits per heavy atom. The number of nitrogens with zero attached hydrogens (tertiary/aromatic N) is 3. The van der Waals surface area contributed by atoms with Gasteiger partial charge in [-0.25, -0.2) is 0 Å². The number of unbranched alkanes of at least 4 members (excludes halogenated alkanes) is 1. The average molecular weight is 265 g/mol. The maximum Gasteiger partial charge on any atom is 0.0683 e. The van der Waals surface area contributed by atoms with Gasteiger partial charge in [-0.3, -0.25) is 4.90 Å². The summed E-state index contributed by atoms with van der Waals surface area (Å²) in [5.41, 5.74) is -0.150. The zero-order chi connectivity index (χ0) is 14.3. The highest BCUT2D eigenvalue weighted by atomic mass is 15.2. The predicted octanol–water partition coefficient (Wildman–Crippen LogP) is 3.12. The quantitative estimate of drug-likeness (QED) is 0.691. The number of hydrogen-bond acceptors (Lipinski definition) is 3. The normalized spacial score (nSPS) is 23.0. The zero-order valence-corrected chi connectivity index (χ0v) is 13.3. The van der Waals surface area contributed by atoms with E-state index in [0.717, 1.165) is 12.5 Å². The lowest BCUT2D eigenvalue weighted by Crippen LogP contribution is -2.40. The van der Waals surface area contributed by atoms with Crippen molar-refractivity contribution in [3.8, 4) is 6.07 Å². The van der Waals surface area contributed by atoms with E-state index in [2.05, 4.69) is 29.8 Å². The molecule has 0 aliphatic carbocycles. The number of hydrogen-bond donors (Lipinski definition) is 0. The van der Waals surface area contributed by atoms with Crippen LogP contribution in [0.5, 0.6) is 0 Å². The molecule has 3 nitrogen and oxygen atoms in total. The first-order valence-corrected chi connectivity index (χ1v) is 7.82. The van der Waals surface area contributed by atoms with Gasteiger partial charge in [-0.1, -0.05) is 13.3 Å². The molecule has 0 aromatic carbocycles. The van der Waals surface area contributed by atoms with E-state index in [9.17, 15) is 0 Å². The van der Waals surface area contributed by atoms with E-state index < -0.39 is 0 Å². The van der Waals surface area contributed by atoms with Crippen LogP contribution in [-0.2, 0) is 0 Å². The predicted molar refractivity (Wildman–Crippen MR) is 81.0 cm³/mol. The summed E-state index contributed by atoms with van der Waals surface area (Å²) in [6, 6.07) is 3.11. The van der Waals surface area contributed by atoms with Gasteiger partial charge in [0.05, 0.1) is 11.5 Å². The second-order valence-corrected chi connectivity index (χ2v) is 6.67. The van der Waals surface area contributed by atoms with E-state index in [-0.39, 0.29) is 5.41 Å². The molecule has 0 aromatic rings. The molecular formula is C16H31N3. The van der Waals surface area contributed by atoms with Crippen LogP contribution < -0.4 is 0 Å². The summed E-state index contributed by atoms with van der Waals surface area (Å²) in [5.74, 6) is 0. The number of rotatable bonds is 6. The van der Waals surface area contributed by atoms with Crippen LogP contribution in [0.2, 0.25) is 0 Å². The third-order valence-electron chi connectivity index (χ3n) is 4.29. The molecular weight excluding hydrogens is 234 g/mol. The van der Waals surface area contributed by atoms with Crippen molar-refractivity contribution in [2.45, 2.75) is 58.9 Å². The fraction of sp³-hybridized carbons (Fsp3) is 0.938. The summed E-state index contributed by atoms with van der Waals surface area (Å²) in [6.07, 6.45) is 5.95. The van der Waals surface area contributed by atoms with E-state index in [1.807, 2.05) is 13.8 Å². The summed E-state index contributed by atoms with van der Waals surface area (Å²) < 4.78 is 0. The fourth-order valence-corrected chi connectivity index (χ4v) is 2.91. The molecule has 1 aliphatic heterocycles. The molecule has 1 heterocycles. The lowest BCUT2D eigenvalue weighted by Gasteiger charge is -2.30. The summed E-state index contributed by atoms with van der Waals surface area (Å²) in [4.78, 5) is 5.13. The summed E-state index contributed by atoms with van der Waals surface area (Å²) in [5, 5.41) is 9.02. The maximum absolute atomic E-state index is 9.02. The van der Waals surface area contributed by atoms with Gasteiger partial charge < -0.3 is 4.90 Å². The van der Waals surface area contributed by atoms with Crippen LogP contribution >= 0.6 is 0 Å². The van der Waals surface area contributed by atoms with Crippen LogP contribution in [0.1, 0.15) is 52.9 Å². The molecule has 1 fully saturated rings. The second kappa shape index (κ2) is 7.87. The molecule has 0 N–H and O–H groups in total. The molecule has 1 unspecified atom stereocenters. The summed E-state index contributed by atoms with van der Waals surface area (Å²) >= 11 is 0. The Balaban J connectivity index is 2.32. The third kappa shape index (κ3) is 5.93. The highest BCUT2D eigenvalue weighted by Gasteiger charge is 2.22. The van der Waals surface area contributed by atoms with Gasteiger partial charge in [0.1, 0.15) is 0 Å². The highest BCUT2D eigenvalue weighted by Crippen LogP contribution is 2.22. The van der Waals surface area contributed by atoms with Gasteiger partial charge in [0, 0.05) is 12.6 Å². The van der Waals surface area contributed by atoms with Crippen LogP contribution in [0, 0.1) is 16.7 Å². The smallest absolute Gasteiger partial charge is 0.0683 e. The Bertz CT molecular complexity index is 293. The Morgan fingerprint density at radius 3 is 2.63 bits per heavy atom. The van der Waals surface area contributed by atoms with Gasteiger partial charge in [0.2, 0.25) is 0 Å². The van der Waals surface area contributed by atoms with Crippen LogP contribution in [0.25, 0.3) is 0 Å². The van der Waals surface area contributed by atoms with E-state index in [1.165, 1.54) is 51.9 Å². The Hall–Kier alpha value is -0.590. The molecule has 19 heavy (non-hydrogen) atoms. The van der Waals surface area contributed by atoms with Gasteiger partial charge in [-0.2, -0.15) is 5.26 Å². The molecule has 1 saturated heterocycles. The van der Waals surface area contributed by atoms with E-state index in [0.29, 0.717) is 0 Å². The van der Waals surface area contributed by atoms with Gasteiger partial charge in [-0.05, 0) is 66.2 Å². The van der Waals surface area contributed by atoms with Gasteiger partial charge in [0.25, 0.3) is 0 Å². The van der Waals surface area contributed by atoms with Gasteiger partial charge in [0.15, 0.2) is 0 Å². The highest BCUT2D eigenvalue weighted by molar-refractivity contribution is 4.91. The van der Waals surface area contributed by atoms with Crippen molar-refractivity contribution in [2.75, 3.05) is 33.2 Å². The van der Waals surface area contributed by atoms with Gasteiger partial charge in [-0.15, -0.1) is 0 Å².